The van der Waals surface area contributed by atoms with Crippen molar-refractivity contribution in [3.63, 3.8) is 0 Å². The number of aliphatic hydroxyl groups excluding tert-OH is 1. The van der Waals surface area contributed by atoms with Crippen molar-refractivity contribution >= 4 is 30.6 Å². The van der Waals surface area contributed by atoms with Crippen LogP contribution in [0.1, 0.15) is 132 Å². The minimum absolute atomic E-state index is 0.0356. The largest absolute Gasteiger partial charge is 0.522 e. The molecule has 428 valence electrons. The van der Waals surface area contributed by atoms with Crippen molar-refractivity contribution in [3.8, 4) is 29.4 Å². The summed E-state index contributed by atoms with van der Waals surface area (Å²) in [6.45, 7) is 13.9. The summed E-state index contributed by atoms with van der Waals surface area (Å²) >= 11 is 0. The van der Waals surface area contributed by atoms with E-state index in [0.29, 0.717) is 19.4 Å². The second-order valence-corrected chi connectivity index (χ2v) is 29.6. The third-order valence-electron chi connectivity index (χ3n) is 16.2. The summed E-state index contributed by atoms with van der Waals surface area (Å²) < 4.78 is 110. The van der Waals surface area contributed by atoms with E-state index in [-0.39, 0.29) is 37.7 Å². The predicted octanol–water partition coefficient (Wildman–Crippen LogP) is 9.04. The van der Waals surface area contributed by atoms with Gasteiger partial charge in [0.1, 0.15) is 18.0 Å². The van der Waals surface area contributed by atoms with Gasteiger partial charge in [-0.05, 0) is 121 Å². The van der Waals surface area contributed by atoms with Crippen molar-refractivity contribution in [1.29, 1.82) is 0 Å². The molecule has 2 amide bonds. The van der Waals surface area contributed by atoms with E-state index in [1.807, 2.05) is 51.1 Å². The first kappa shape index (κ1) is 58.2. The highest BCUT2D eigenvalue weighted by Gasteiger charge is 2.77. The number of benzene rings is 2. The molecule has 4 saturated carbocycles. The van der Waals surface area contributed by atoms with Crippen LogP contribution in [0, 0.1) is 44.5 Å². The Balaban J connectivity index is 0.000000158. The average molecular weight is 1130 g/mol. The number of amides is 2. The van der Waals surface area contributed by atoms with Gasteiger partial charge in [0, 0.05) is 51.4 Å². The zero-order valence-corrected chi connectivity index (χ0v) is 47.7. The molecule has 5 aliphatic heterocycles. The number of methoxy groups -OCH3 is 1. The number of hydrogen-bond acceptors (Lipinski definition) is 15. The first-order valence-corrected chi connectivity index (χ1v) is 31.8. The molecule has 4 spiro atoms. The maximum absolute atomic E-state index is 13.2. The van der Waals surface area contributed by atoms with Gasteiger partial charge >= 0.3 is 27.8 Å². The van der Waals surface area contributed by atoms with Gasteiger partial charge in [-0.25, -0.2) is 9.59 Å². The van der Waals surface area contributed by atoms with Crippen LogP contribution in [0.4, 0.5) is 22.8 Å². The molecule has 5 heterocycles. The number of alkyl halides is 3. The molecule has 1 unspecified atom stereocenters. The number of aliphatic hydroxyl groups is 2. The first-order chi connectivity index (χ1) is 36.6. The summed E-state index contributed by atoms with van der Waals surface area (Å²) in [6.07, 6.45) is 7.90. The molecule has 0 aromatic heterocycles. The lowest BCUT2D eigenvalue weighted by Crippen LogP contribution is -2.64. The molecular formula is C56H73F3N2O15SSi. The van der Waals surface area contributed by atoms with Crippen LogP contribution in [0.5, 0.6) is 5.75 Å². The van der Waals surface area contributed by atoms with Crippen LogP contribution in [0.2, 0.25) is 19.6 Å². The Kier molecular flexibility index (Phi) is 15.8. The number of carbonyl (C=O) groups excluding carboxylic acids is 2. The van der Waals surface area contributed by atoms with E-state index in [1.165, 1.54) is 31.0 Å². The van der Waals surface area contributed by atoms with Crippen LogP contribution in [-0.2, 0) is 60.2 Å². The molecule has 2 aromatic carbocycles. The fourth-order valence-corrected chi connectivity index (χ4v) is 16.3. The average Bonchev–Trinajstić information content (AvgIpc) is 4.24. The van der Waals surface area contributed by atoms with Crippen molar-refractivity contribution in [1.82, 2.24) is 9.80 Å². The second-order valence-electron chi connectivity index (χ2n) is 23.4. The third-order valence-corrected chi connectivity index (χ3v) is 19.6. The maximum Gasteiger partial charge on any atom is 0.522 e. The third kappa shape index (κ3) is 10.8. The SMILES string of the molecule is CC#C[C@@]12O[C@@H]3C[C@]1(C[C@H]1OC4(CCCCC4)O[C@H]13)OC(=O)N2Cc1cc(C)cc(OC)c1.CC#C[C@]1(O)N(Cc2cc(C)cc(C)c2)C(=O)O[C@@]12C[C@@H](O)C1OC3(CCCCC3)O[C@@H]1C2.C[Si](C)(C)OS(=O)(=O)C(F)(F)F. The molecular weight excluding hydrogens is 1060 g/mol. The maximum atomic E-state index is 13.2. The Morgan fingerprint density at radius 3 is 1.67 bits per heavy atom. The van der Waals surface area contributed by atoms with E-state index in [2.05, 4.69) is 33.6 Å². The Labute approximate surface area is 456 Å². The minimum Gasteiger partial charge on any atom is -0.497 e. The molecule has 11 rings (SSSR count). The number of rotatable bonds is 7. The number of aryl methyl sites for hydroxylation is 3. The number of fused-ring (bicyclic) bond motifs is 4. The van der Waals surface area contributed by atoms with Crippen molar-refractivity contribution < 1.29 is 83.2 Å². The number of halogens is 3. The topological polar surface area (TPSA) is 198 Å². The van der Waals surface area contributed by atoms with Gasteiger partial charge in [-0.2, -0.15) is 21.6 Å². The molecule has 2 aromatic rings. The van der Waals surface area contributed by atoms with Gasteiger partial charge in [0.25, 0.3) is 5.72 Å². The highest BCUT2D eigenvalue weighted by atomic mass is 32.2. The molecule has 4 aliphatic carbocycles. The van der Waals surface area contributed by atoms with Gasteiger partial charge in [0.05, 0.1) is 44.6 Å². The van der Waals surface area contributed by atoms with Gasteiger partial charge < -0.3 is 52.0 Å². The summed E-state index contributed by atoms with van der Waals surface area (Å²) in [7, 11) is -6.46. The fourth-order valence-electron chi connectivity index (χ4n) is 13.3. The molecule has 78 heavy (non-hydrogen) atoms. The second kappa shape index (κ2) is 21.1. The minimum atomic E-state index is -5.39. The van der Waals surface area contributed by atoms with Gasteiger partial charge in [0.2, 0.25) is 14.0 Å². The lowest BCUT2D eigenvalue weighted by atomic mass is 9.73. The van der Waals surface area contributed by atoms with Crippen molar-refractivity contribution in [3.05, 3.63) is 64.2 Å². The van der Waals surface area contributed by atoms with Crippen molar-refractivity contribution in [2.45, 2.75) is 234 Å². The van der Waals surface area contributed by atoms with Crippen LogP contribution in [0.3, 0.4) is 0 Å². The van der Waals surface area contributed by atoms with E-state index in [1.54, 1.807) is 25.9 Å². The molecule has 17 nitrogen and oxygen atoms in total. The number of carbonyl (C=O) groups is 2. The van der Waals surface area contributed by atoms with Gasteiger partial charge in [-0.1, -0.05) is 48.2 Å². The van der Waals surface area contributed by atoms with E-state index >= 15 is 0 Å². The summed E-state index contributed by atoms with van der Waals surface area (Å²) in [6, 6.07) is 12.0. The van der Waals surface area contributed by atoms with Crippen molar-refractivity contribution in [2.75, 3.05) is 7.11 Å². The van der Waals surface area contributed by atoms with Gasteiger partial charge in [0.15, 0.2) is 22.8 Å². The summed E-state index contributed by atoms with van der Waals surface area (Å²) in [4.78, 5) is 29.3. The van der Waals surface area contributed by atoms with Crippen LogP contribution < -0.4 is 4.74 Å². The van der Waals surface area contributed by atoms with Crippen LogP contribution in [-0.4, -0.2) is 132 Å². The Hall–Kier alpha value is -4.46. The van der Waals surface area contributed by atoms with Crippen LogP contribution in [0.25, 0.3) is 0 Å². The smallest absolute Gasteiger partial charge is 0.497 e. The van der Waals surface area contributed by atoms with E-state index in [9.17, 15) is 41.4 Å². The van der Waals surface area contributed by atoms with Crippen LogP contribution >= 0.6 is 0 Å². The number of nitrogens with zero attached hydrogens (tertiary/aromatic N) is 2. The zero-order valence-electron chi connectivity index (χ0n) is 45.9. The standard InChI is InChI=1S/C26H31NO6.C26H33NO6.C4H9F3O3SSi/c1-4-8-26-24(33-23(28)27(26)16-18-11-17(2)12-19(13-18)29-3)14-20-22(21(15-24)31-26)32-25(30-20)9-6-5-7-10-25;1-4-8-26(30)24(33-23(29)27(26)16-19-12-17(2)11-18(3)13-19)14-20(28)22-21(15-24)31-25(32-22)9-6-5-7-10-25;1-12(2,3)10-11(8,9)4(5,6)7/h11-13,20-22H,5-7,9-10,14-16H2,1-3H3;11-13,20-22,28,30H,5-7,9-10,14-16H2,1-3H3;1-3H3/t20-,21-,22-,24+,26-;20-,21-,22?,24-,26-;/m11./s1. The lowest BCUT2D eigenvalue weighted by molar-refractivity contribution is -0.212. The molecule has 5 saturated heterocycles. The summed E-state index contributed by atoms with van der Waals surface area (Å²) in [5.41, 5.74) is -5.61. The van der Waals surface area contributed by atoms with E-state index < -0.39 is 88.7 Å². The normalized spacial score (nSPS) is 34.0. The fraction of sp³-hybridized carbons (Fsp3) is 0.679. The molecule has 2 N–H and O–H groups in total. The molecule has 0 radical (unpaired) electrons. The van der Waals surface area contributed by atoms with E-state index in [0.717, 1.165) is 91.4 Å². The molecule has 9 fully saturated rings. The van der Waals surface area contributed by atoms with Crippen molar-refractivity contribution in [2.24, 2.45) is 0 Å². The molecule has 10 atom stereocenters. The molecule has 9 aliphatic rings. The molecule has 2 bridgehead atoms. The van der Waals surface area contributed by atoms with Gasteiger partial charge in [-0.15, -0.1) is 11.8 Å². The molecule has 22 heteroatoms. The van der Waals surface area contributed by atoms with Gasteiger partial charge in [-0.3, -0.25) is 9.80 Å². The lowest BCUT2D eigenvalue weighted by Gasteiger charge is -2.45. The predicted molar refractivity (Wildman–Crippen MR) is 278 cm³/mol. The Bertz CT molecular complexity index is 2850. The monoisotopic (exact) mass is 1130 g/mol. The highest BCUT2D eigenvalue weighted by molar-refractivity contribution is 7.88. The highest BCUT2D eigenvalue weighted by Crippen LogP contribution is 2.60. The van der Waals surface area contributed by atoms with E-state index in [4.69, 9.17) is 37.9 Å². The zero-order chi connectivity index (χ0) is 56.5. The number of ether oxygens (including phenoxy) is 8. The summed E-state index contributed by atoms with van der Waals surface area (Å²) in [5.74, 6) is 11.5. The quantitative estimate of drug-likeness (QED) is 0.151. The Morgan fingerprint density at radius 1 is 0.667 bits per heavy atom. The first-order valence-electron chi connectivity index (χ1n) is 27.0. The Morgan fingerprint density at radius 2 is 1.14 bits per heavy atom. The summed E-state index contributed by atoms with van der Waals surface area (Å²) in [5, 5.41) is 23.0. The van der Waals surface area contributed by atoms with Crippen LogP contribution in [0.15, 0.2) is 36.4 Å². The number of hydrogen-bond donors (Lipinski definition) is 2.